The van der Waals surface area contributed by atoms with Crippen molar-refractivity contribution in [2.75, 3.05) is 0 Å². The normalized spacial score (nSPS) is 43.6. The molecule has 1 fully saturated rings. The Morgan fingerprint density at radius 1 is 1.14 bits per heavy atom. The molecule has 0 saturated carbocycles. The molecule has 5 heteroatoms. The zero-order valence-electron chi connectivity index (χ0n) is 8.04. The van der Waals surface area contributed by atoms with Crippen LogP contribution in [0.3, 0.4) is 0 Å². The Morgan fingerprint density at radius 3 is 2.21 bits per heavy atom. The van der Waals surface area contributed by atoms with Gasteiger partial charge in [0.15, 0.2) is 0 Å². The Kier molecular flexibility index (Phi) is 4.00. The molecule has 1 saturated heterocycles. The monoisotopic (exact) mass is 204 g/mol. The number of ether oxygens (including phenoxy) is 1. The van der Waals surface area contributed by atoms with Gasteiger partial charge in [-0.25, -0.2) is 0 Å². The van der Waals surface area contributed by atoms with Gasteiger partial charge in [-0.3, -0.25) is 0 Å². The van der Waals surface area contributed by atoms with Gasteiger partial charge in [-0.15, -0.1) is 0 Å². The lowest BCUT2D eigenvalue weighted by molar-refractivity contribution is -0.222. The van der Waals surface area contributed by atoms with E-state index in [2.05, 4.69) is 0 Å². The molecule has 0 aromatic heterocycles. The number of aliphatic hydroxyl groups is 3. The number of rotatable bonds is 3. The van der Waals surface area contributed by atoms with Crippen molar-refractivity contribution in [2.45, 2.75) is 50.3 Å². The highest BCUT2D eigenvalue weighted by atomic mass is 16.5. The summed E-state index contributed by atoms with van der Waals surface area (Å²) in [6.45, 7) is 1.80. The van der Waals surface area contributed by atoms with Gasteiger partial charge in [-0.2, -0.15) is 0 Å². The first kappa shape index (κ1) is 11.6. The molecule has 0 radical (unpaired) electrons. The molecule has 3 N–H and O–H groups in total. The van der Waals surface area contributed by atoms with Gasteiger partial charge in [0.05, 0.1) is 12.2 Å². The Balaban J connectivity index is 2.67. The van der Waals surface area contributed by atoms with Gasteiger partial charge in [0, 0.05) is 6.42 Å². The maximum atomic E-state index is 10.3. The SMILES string of the molecule is CCC1O[C@H](CC=O)C(O)[C@@H](O)[C@@H]1O. The molecule has 0 spiro atoms. The Morgan fingerprint density at radius 2 is 1.71 bits per heavy atom. The summed E-state index contributed by atoms with van der Waals surface area (Å²) in [7, 11) is 0. The summed E-state index contributed by atoms with van der Waals surface area (Å²) in [5.41, 5.74) is 0. The highest BCUT2D eigenvalue weighted by Gasteiger charge is 2.42. The van der Waals surface area contributed by atoms with Crippen LogP contribution in [0.1, 0.15) is 19.8 Å². The molecular weight excluding hydrogens is 188 g/mol. The maximum absolute atomic E-state index is 10.3. The highest BCUT2D eigenvalue weighted by Crippen LogP contribution is 2.24. The second kappa shape index (κ2) is 4.84. The number of carbonyl (C=O) groups excluding carboxylic acids is 1. The fourth-order valence-electron chi connectivity index (χ4n) is 1.65. The van der Waals surface area contributed by atoms with Crippen LogP contribution in [0.2, 0.25) is 0 Å². The molecule has 1 aliphatic rings. The van der Waals surface area contributed by atoms with E-state index in [1.54, 1.807) is 6.92 Å². The molecule has 82 valence electrons. The molecule has 0 aromatic rings. The molecule has 5 nitrogen and oxygen atoms in total. The zero-order chi connectivity index (χ0) is 10.7. The van der Waals surface area contributed by atoms with Gasteiger partial charge in [-0.1, -0.05) is 6.92 Å². The minimum absolute atomic E-state index is 0.0292. The van der Waals surface area contributed by atoms with Crippen LogP contribution in [0.25, 0.3) is 0 Å². The van der Waals surface area contributed by atoms with E-state index in [-0.39, 0.29) is 6.42 Å². The first-order valence-electron chi connectivity index (χ1n) is 4.75. The molecule has 0 aromatic carbocycles. The summed E-state index contributed by atoms with van der Waals surface area (Å²) >= 11 is 0. The number of hydrogen-bond donors (Lipinski definition) is 3. The number of aliphatic hydroxyl groups excluding tert-OH is 3. The Labute approximate surface area is 82.3 Å². The predicted molar refractivity (Wildman–Crippen MR) is 47.7 cm³/mol. The molecular formula is C9H16O5. The maximum Gasteiger partial charge on any atom is 0.122 e. The number of carbonyl (C=O) groups is 1. The third kappa shape index (κ3) is 2.12. The number of aldehydes is 1. The second-order valence-electron chi connectivity index (χ2n) is 3.50. The van der Waals surface area contributed by atoms with E-state index in [0.29, 0.717) is 12.7 Å². The second-order valence-corrected chi connectivity index (χ2v) is 3.50. The van der Waals surface area contributed by atoms with Gasteiger partial charge in [-0.05, 0) is 6.42 Å². The van der Waals surface area contributed by atoms with E-state index >= 15 is 0 Å². The molecule has 14 heavy (non-hydrogen) atoms. The average Bonchev–Trinajstić information content (AvgIpc) is 2.19. The van der Waals surface area contributed by atoms with Crippen LogP contribution >= 0.6 is 0 Å². The predicted octanol–water partition coefficient (Wildman–Crippen LogP) is -1.16. The molecule has 0 amide bonds. The van der Waals surface area contributed by atoms with Crippen molar-refractivity contribution in [3.05, 3.63) is 0 Å². The van der Waals surface area contributed by atoms with Gasteiger partial charge in [0.2, 0.25) is 0 Å². The third-order valence-corrected chi connectivity index (χ3v) is 2.54. The van der Waals surface area contributed by atoms with Crippen LogP contribution in [-0.2, 0) is 9.53 Å². The molecule has 0 aliphatic carbocycles. The number of hydrogen-bond acceptors (Lipinski definition) is 5. The molecule has 0 bridgehead atoms. The molecule has 2 unspecified atom stereocenters. The summed E-state index contributed by atoms with van der Waals surface area (Å²) in [6, 6.07) is 0. The average molecular weight is 204 g/mol. The minimum atomic E-state index is -1.24. The van der Waals surface area contributed by atoms with E-state index < -0.39 is 30.5 Å². The summed E-state index contributed by atoms with van der Waals surface area (Å²) in [6.07, 6.45) is -3.56. The van der Waals surface area contributed by atoms with Crippen LogP contribution < -0.4 is 0 Å². The van der Waals surface area contributed by atoms with Crippen LogP contribution in [0.15, 0.2) is 0 Å². The van der Waals surface area contributed by atoms with E-state index in [0.717, 1.165) is 0 Å². The van der Waals surface area contributed by atoms with Gasteiger partial charge in [0.1, 0.15) is 24.6 Å². The van der Waals surface area contributed by atoms with E-state index in [1.807, 2.05) is 0 Å². The topological polar surface area (TPSA) is 87.0 Å². The van der Waals surface area contributed by atoms with Crippen molar-refractivity contribution in [3.8, 4) is 0 Å². The van der Waals surface area contributed by atoms with E-state index in [1.165, 1.54) is 0 Å². The summed E-state index contributed by atoms with van der Waals surface area (Å²) < 4.78 is 5.28. The van der Waals surface area contributed by atoms with Crippen LogP contribution in [-0.4, -0.2) is 52.1 Å². The van der Waals surface area contributed by atoms with Crippen molar-refractivity contribution in [3.63, 3.8) is 0 Å². The van der Waals surface area contributed by atoms with Crippen LogP contribution in [0.4, 0.5) is 0 Å². The molecule has 1 heterocycles. The Bertz CT molecular complexity index is 194. The lowest BCUT2D eigenvalue weighted by atomic mass is 9.92. The molecule has 5 atom stereocenters. The van der Waals surface area contributed by atoms with Crippen molar-refractivity contribution in [1.82, 2.24) is 0 Å². The van der Waals surface area contributed by atoms with Crippen molar-refractivity contribution >= 4 is 6.29 Å². The lowest BCUT2D eigenvalue weighted by Crippen LogP contribution is -2.57. The Hall–Kier alpha value is -0.490. The van der Waals surface area contributed by atoms with Gasteiger partial charge in [0.25, 0.3) is 0 Å². The van der Waals surface area contributed by atoms with Gasteiger partial charge >= 0.3 is 0 Å². The molecule has 1 rings (SSSR count). The standard InChI is InChI=1S/C9H16O5/c1-2-5-7(11)9(13)8(12)6(14-5)3-4-10/h4-9,11-13H,2-3H2,1H3/t5?,6-,7-,8?,9+/m1/s1. The highest BCUT2D eigenvalue weighted by molar-refractivity contribution is 5.50. The smallest absolute Gasteiger partial charge is 0.122 e. The van der Waals surface area contributed by atoms with Crippen molar-refractivity contribution < 1.29 is 24.9 Å². The quantitative estimate of drug-likeness (QED) is 0.504. The lowest BCUT2D eigenvalue weighted by Gasteiger charge is -2.39. The van der Waals surface area contributed by atoms with Crippen LogP contribution in [0.5, 0.6) is 0 Å². The zero-order valence-corrected chi connectivity index (χ0v) is 8.04. The fraction of sp³-hybridized carbons (Fsp3) is 0.889. The van der Waals surface area contributed by atoms with Crippen molar-refractivity contribution in [1.29, 1.82) is 0 Å². The summed E-state index contributed by atoms with van der Waals surface area (Å²) in [4.78, 5) is 10.3. The molecule has 1 aliphatic heterocycles. The van der Waals surface area contributed by atoms with E-state index in [4.69, 9.17) is 4.74 Å². The first-order chi connectivity index (χ1) is 6.61. The first-order valence-corrected chi connectivity index (χ1v) is 4.75. The van der Waals surface area contributed by atoms with E-state index in [9.17, 15) is 20.1 Å². The minimum Gasteiger partial charge on any atom is -0.388 e. The third-order valence-electron chi connectivity index (χ3n) is 2.54. The van der Waals surface area contributed by atoms with Crippen LogP contribution in [0, 0.1) is 0 Å². The fourth-order valence-corrected chi connectivity index (χ4v) is 1.65. The largest absolute Gasteiger partial charge is 0.388 e. The van der Waals surface area contributed by atoms with Crippen molar-refractivity contribution in [2.24, 2.45) is 0 Å². The summed E-state index contributed by atoms with van der Waals surface area (Å²) in [5, 5.41) is 28.4. The summed E-state index contributed by atoms with van der Waals surface area (Å²) in [5.74, 6) is 0. The van der Waals surface area contributed by atoms with Gasteiger partial charge < -0.3 is 24.9 Å².